The lowest BCUT2D eigenvalue weighted by Crippen LogP contribution is -2.35. The normalized spacial score (nSPS) is 20.2. The van der Waals surface area contributed by atoms with Gasteiger partial charge in [-0.2, -0.15) is 0 Å². The molecule has 4 nitrogen and oxygen atoms in total. The van der Waals surface area contributed by atoms with Crippen LogP contribution in [0.4, 0.5) is 5.69 Å². The van der Waals surface area contributed by atoms with Gasteiger partial charge in [0.1, 0.15) is 0 Å². The predicted molar refractivity (Wildman–Crippen MR) is 58.6 cm³/mol. The van der Waals surface area contributed by atoms with Gasteiger partial charge in [0.2, 0.25) is 5.91 Å². The third-order valence-corrected chi connectivity index (χ3v) is 2.52. The number of carbonyl (C=O) groups excluding carboxylic acids is 1. The Morgan fingerprint density at radius 2 is 2.47 bits per heavy atom. The van der Waals surface area contributed by atoms with Crippen molar-refractivity contribution in [2.24, 2.45) is 0 Å². The van der Waals surface area contributed by atoms with Crippen LogP contribution in [0.15, 0.2) is 18.5 Å². The summed E-state index contributed by atoms with van der Waals surface area (Å²) in [5.74, 6) is 0.0416. The number of aryl methyl sites for hydroxylation is 1. The van der Waals surface area contributed by atoms with Gasteiger partial charge in [0.15, 0.2) is 0 Å². The fourth-order valence-corrected chi connectivity index (χ4v) is 1.76. The molecule has 0 aliphatic carbocycles. The molecule has 1 aliphatic heterocycles. The van der Waals surface area contributed by atoms with Crippen LogP contribution in [0, 0.1) is 6.92 Å². The first kappa shape index (κ1) is 10.1. The Morgan fingerprint density at radius 3 is 3.13 bits per heavy atom. The van der Waals surface area contributed by atoms with Crippen molar-refractivity contribution in [3.63, 3.8) is 0 Å². The molecule has 1 aromatic heterocycles. The Labute approximate surface area is 89.1 Å². The molecule has 1 aliphatic rings. The molecule has 2 heterocycles. The first-order chi connectivity index (χ1) is 7.25. The topological polar surface area (TPSA) is 54.0 Å². The van der Waals surface area contributed by atoms with E-state index in [2.05, 4.69) is 15.6 Å². The summed E-state index contributed by atoms with van der Waals surface area (Å²) in [7, 11) is 0. The zero-order valence-corrected chi connectivity index (χ0v) is 8.79. The Kier molecular flexibility index (Phi) is 2.97. The highest BCUT2D eigenvalue weighted by Gasteiger charge is 2.21. The fourth-order valence-electron chi connectivity index (χ4n) is 1.76. The van der Waals surface area contributed by atoms with Crippen molar-refractivity contribution in [1.29, 1.82) is 0 Å². The predicted octanol–water partition coefficient (Wildman–Crippen LogP) is 1.08. The maximum absolute atomic E-state index is 11.7. The fraction of sp³-hybridized carbons (Fsp3) is 0.455. The minimum absolute atomic E-state index is 0.0366. The zero-order valence-electron chi connectivity index (χ0n) is 8.79. The van der Waals surface area contributed by atoms with Gasteiger partial charge in [-0.25, -0.2) is 0 Å². The van der Waals surface area contributed by atoms with Gasteiger partial charge >= 0.3 is 0 Å². The molecule has 1 unspecified atom stereocenters. The third kappa shape index (κ3) is 2.53. The molecule has 4 heteroatoms. The van der Waals surface area contributed by atoms with E-state index in [1.807, 2.05) is 13.0 Å². The van der Waals surface area contributed by atoms with E-state index in [1.54, 1.807) is 12.4 Å². The number of anilines is 1. The Hall–Kier alpha value is -1.42. The van der Waals surface area contributed by atoms with E-state index in [-0.39, 0.29) is 11.9 Å². The Morgan fingerprint density at radius 1 is 1.60 bits per heavy atom. The van der Waals surface area contributed by atoms with Crippen molar-refractivity contribution in [2.45, 2.75) is 25.8 Å². The summed E-state index contributed by atoms with van der Waals surface area (Å²) >= 11 is 0. The maximum Gasteiger partial charge on any atom is 0.241 e. The Bertz CT molecular complexity index is 359. The second-order valence-corrected chi connectivity index (χ2v) is 3.89. The average Bonchev–Trinajstić information content (AvgIpc) is 2.70. The largest absolute Gasteiger partial charge is 0.323 e. The molecule has 0 radical (unpaired) electrons. The van der Waals surface area contributed by atoms with E-state index in [0.717, 1.165) is 30.6 Å². The highest BCUT2D eigenvalue weighted by molar-refractivity contribution is 5.94. The lowest BCUT2D eigenvalue weighted by molar-refractivity contribution is -0.117. The number of hydrogen-bond acceptors (Lipinski definition) is 3. The van der Waals surface area contributed by atoms with Gasteiger partial charge < -0.3 is 10.6 Å². The molecule has 0 aromatic carbocycles. The van der Waals surface area contributed by atoms with E-state index in [4.69, 9.17) is 0 Å². The van der Waals surface area contributed by atoms with Crippen molar-refractivity contribution in [3.05, 3.63) is 24.0 Å². The molecule has 1 aromatic rings. The van der Waals surface area contributed by atoms with Crippen LogP contribution in [0.25, 0.3) is 0 Å². The van der Waals surface area contributed by atoms with Crippen LogP contribution in [-0.4, -0.2) is 23.5 Å². The minimum atomic E-state index is -0.0366. The van der Waals surface area contributed by atoms with Crippen molar-refractivity contribution in [3.8, 4) is 0 Å². The maximum atomic E-state index is 11.7. The SMILES string of the molecule is Cc1cncc(NC(=O)C2CCCN2)c1. The van der Waals surface area contributed by atoms with Gasteiger partial charge in [0, 0.05) is 6.20 Å². The van der Waals surface area contributed by atoms with Crippen molar-refractivity contribution >= 4 is 11.6 Å². The Balaban J connectivity index is 1.99. The number of pyridine rings is 1. The summed E-state index contributed by atoms with van der Waals surface area (Å²) in [5, 5.41) is 6.02. The van der Waals surface area contributed by atoms with Crippen LogP contribution in [-0.2, 0) is 4.79 Å². The number of amides is 1. The number of nitrogens with one attached hydrogen (secondary N) is 2. The molecule has 2 N–H and O–H groups in total. The smallest absolute Gasteiger partial charge is 0.241 e. The molecule has 1 atom stereocenters. The van der Waals surface area contributed by atoms with Gasteiger partial charge in [-0.1, -0.05) is 0 Å². The molecule has 1 amide bonds. The van der Waals surface area contributed by atoms with Crippen LogP contribution in [0.5, 0.6) is 0 Å². The summed E-state index contributed by atoms with van der Waals surface area (Å²) < 4.78 is 0. The van der Waals surface area contributed by atoms with Crippen LogP contribution in [0.2, 0.25) is 0 Å². The van der Waals surface area contributed by atoms with Crippen LogP contribution >= 0.6 is 0 Å². The summed E-state index contributed by atoms with van der Waals surface area (Å²) in [4.78, 5) is 15.8. The minimum Gasteiger partial charge on any atom is -0.323 e. The molecule has 15 heavy (non-hydrogen) atoms. The second-order valence-electron chi connectivity index (χ2n) is 3.89. The second kappa shape index (κ2) is 4.40. The quantitative estimate of drug-likeness (QED) is 0.759. The summed E-state index contributed by atoms with van der Waals surface area (Å²) in [6.45, 7) is 2.89. The van der Waals surface area contributed by atoms with Gasteiger partial charge in [0.05, 0.1) is 17.9 Å². The van der Waals surface area contributed by atoms with Crippen LogP contribution < -0.4 is 10.6 Å². The van der Waals surface area contributed by atoms with E-state index < -0.39 is 0 Å². The summed E-state index contributed by atoms with van der Waals surface area (Å²) in [6.07, 6.45) is 5.43. The first-order valence-electron chi connectivity index (χ1n) is 5.21. The van der Waals surface area contributed by atoms with Gasteiger partial charge in [0.25, 0.3) is 0 Å². The number of aromatic nitrogens is 1. The highest BCUT2D eigenvalue weighted by Crippen LogP contribution is 2.11. The van der Waals surface area contributed by atoms with Crippen LogP contribution in [0.1, 0.15) is 18.4 Å². The molecular formula is C11H15N3O. The number of hydrogen-bond donors (Lipinski definition) is 2. The molecule has 0 bridgehead atoms. The summed E-state index contributed by atoms with van der Waals surface area (Å²) in [6, 6.07) is 1.88. The monoisotopic (exact) mass is 205 g/mol. The molecule has 2 rings (SSSR count). The standard InChI is InChI=1S/C11H15N3O/c1-8-5-9(7-12-6-8)14-11(15)10-3-2-4-13-10/h5-7,10,13H,2-4H2,1H3,(H,14,15). The molecular weight excluding hydrogens is 190 g/mol. The van der Waals surface area contributed by atoms with Gasteiger partial charge in [-0.3, -0.25) is 9.78 Å². The van der Waals surface area contributed by atoms with E-state index in [9.17, 15) is 4.79 Å². The highest BCUT2D eigenvalue weighted by atomic mass is 16.2. The summed E-state index contributed by atoms with van der Waals surface area (Å²) in [5.41, 5.74) is 1.82. The molecule has 1 saturated heterocycles. The van der Waals surface area contributed by atoms with Crippen molar-refractivity contribution in [2.75, 3.05) is 11.9 Å². The number of rotatable bonds is 2. The molecule has 80 valence electrons. The lowest BCUT2D eigenvalue weighted by Gasteiger charge is -2.10. The van der Waals surface area contributed by atoms with Gasteiger partial charge in [-0.05, 0) is 37.9 Å². The number of carbonyl (C=O) groups is 1. The lowest BCUT2D eigenvalue weighted by atomic mass is 10.2. The zero-order chi connectivity index (χ0) is 10.7. The molecule has 0 spiro atoms. The van der Waals surface area contributed by atoms with Crippen molar-refractivity contribution < 1.29 is 4.79 Å². The third-order valence-electron chi connectivity index (χ3n) is 2.52. The average molecular weight is 205 g/mol. The van der Waals surface area contributed by atoms with E-state index in [1.165, 1.54) is 0 Å². The van der Waals surface area contributed by atoms with Crippen LogP contribution in [0.3, 0.4) is 0 Å². The first-order valence-corrected chi connectivity index (χ1v) is 5.21. The number of nitrogens with zero attached hydrogens (tertiary/aromatic N) is 1. The van der Waals surface area contributed by atoms with E-state index >= 15 is 0 Å². The van der Waals surface area contributed by atoms with Gasteiger partial charge in [-0.15, -0.1) is 0 Å². The van der Waals surface area contributed by atoms with Crippen molar-refractivity contribution in [1.82, 2.24) is 10.3 Å². The molecule has 0 saturated carbocycles. The molecule has 1 fully saturated rings. The van der Waals surface area contributed by atoms with E-state index in [0.29, 0.717) is 0 Å².